The smallest absolute Gasteiger partial charge is 0.163 e. The SMILES string of the molecule is O=C(CCCC(=O)C1CO1)C1CO1. The van der Waals surface area contributed by atoms with Crippen LogP contribution < -0.4 is 0 Å². The molecule has 0 N–H and O–H groups in total. The normalized spacial score (nSPS) is 29.8. The number of ketones is 2. The van der Waals surface area contributed by atoms with Crippen molar-refractivity contribution >= 4 is 11.6 Å². The van der Waals surface area contributed by atoms with Gasteiger partial charge >= 0.3 is 0 Å². The Balaban J connectivity index is 1.56. The van der Waals surface area contributed by atoms with E-state index < -0.39 is 0 Å². The largest absolute Gasteiger partial charge is 0.365 e. The molecule has 4 heteroatoms. The molecule has 13 heavy (non-hydrogen) atoms. The van der Waals surface area contributed by atoms with Gasteiger partial charge in [0.25, 0.3) is 0 Å². The molecule has 2 aliphatic rings. The maximum atomic E-state index is 11.1. The van der Waals surface area contributed by atoms with Gasteiger partial charge in [0.15, 0.2) is 11.6 Å². The van der Waals surface area contributed by atoms with Gasteiger partial charge < -0.3 is 9.47 Å². The van der Waals surface area contributed by atoms with E-state index in [1.807, 2.05) is 0 Å². The summed E-state index contributed by atoms with van der Waals surface area (Å²) < 4.78 is 9.66. The third-order valence-electron chi connectivity index (χ3n) is 2.23. The van der Waals surface area contributed by atoms with Crippen LogP contribution in [0.15, 0.2) is 0 Å². The predicted molar refractivity (Wildman–Crippen MR) is 43.3 cm³/mol. The van der Waals surface area contributed by atoms with Gasteiger partial charge in [0.1, 0.15) is 12.2 Å². The Kier molecular flexibility index (Phi) is 2.42. The summed E-state index contributed by atoms with van der Waals surface area (Å²) in [5, 5.41) is 0. The van der Waals surface area contributed by atoms with Crippen LogP contribution in [0.1, 0.15) is 19.3 Å². The van der Waals surface area contributed by atoms with Crippen LogP contribution in [0.25, 0.3) is 0 Å². The molecule has 2 unspecified atom stereocenters. The molecule has 0 amide bonds. The lowest BCUT2D eigenvalue weighted by atomic mass is 10.1. The van der Waals surface area contributed by atoms with Crippen molar-refractivity contribution in [2.45, 2.75) is 31.5 Å². The van der Waals surface area contributed by atoms with E-state index in [1.54, 1.807) is 0 Å². The van der Waals surface area contributed by atoms with E-state index in [2.05, 4.69) is 0 Å². The molecule has 0 saturated carbocycles. The van der Waals surface area contributed by atoms with E-state index in [9.17, 15) is 9.59 Å². The Morgan fingerprint density at radius 1 is 1.00 bits per heavy atom. The van der Waals surface area contributed by atoms with Crippen molar-refractivity contribution in [3.05, 3.63) is 0 Å². The lowest BCUT2D eigenvalue weighted by Gasteiger charge is -1.95. The lowest BCUT2D eigenvalue weighted by molar-refractivity contribution is -0.121. The second-order valence-corrected chi connectivity index (χ2v) is 3.43. The number of ether oxygens (including phenoxy) is 2. The molecule has 0 spiro atoms. The van der Waals surface area contributed by atoms with E-state index in [4.69, 9.17) is 9.47 Å². The molecule has 0 aromatic carbocycles. The van der Waals surface area contributed by atoms with Crippen molar-refractivity contribution < 1.29 is 19.1 Å². The third kappa shape index (κ3) is 2.60. The van der Waals surface area contributed by atoms with Crippen LogP contribution >= 0.6 is 0 Å². The van der Waals surface area contributed by atoms with Crippen LogP contribution in [0.3, 0.4) is 0 Å². The molecule has 4 nitrogen and oxygen atoms in total. The van der Waals surface area contributed by atoms with Crippen LogP contribution in [-0.2, 0) is 19.1 Å². The van der Waals surface area contributed by atoms with Crippen LogP contribution in [-0.4, -0.2) is 37.0 Å². The van der Waals surface area contributed by atoms with Gasteiger partial charge in [-0.15, -0.1) is 0 Å². The average molecular weight is 184 g/mol. The lowest BCUT2D eigenvalue weighted by Crippen LogP contribution is -2.10. The number of hydrogen-bond acceptors (Lipinski definition) is 4. The topological polar surface area (TPSA) is 59.2 Å². The molecular formula is C9H12O4. The van der Waals surface area contributed by atoms with Crippen LogP contribution in [0.4, 0.5) is 0 Å². The van der Waals surface area contributed by atoms with Crippen LogP contribution in [0.5, 0.6) is 0 Å². The van der Waals surface area contributed by atoms with Crippen LogP contribution in [0, 0.1) is 0 Å². The van der Waals surface area contributed by atoms with Crippen molar-refractivity contribution in [1.82, 2.24) is 0 Å². The molecule has 0 aliphatic carbocycles. The van der Waals surface area contributed by atoms with Gasteiger partial charge in [0, 0.05) is 12.8 Å². The minimum Gasteiger partial charge on any atom is -0.365 e. The maximum absolute atomic E-state index is 11.1. The van der Waals surface area contributed by atoms with Gasteiger partial charge in [0.2, 0.25) is 0 Å². The molecular weight excluding hydrogens is 172 g/mol. The summed E-state index contributed by atoms with van der Waals surface area (Å²) in [6.45, 7) is 1.14. The third-order valence-corrected chi connectivity index (χ3v) is 2.23. The molecule has 2 heterocycles. The molecule has 0 aromatic heterocycles. The summed E-state index contributed by atoms with van der Waals surface area (Å²) in [5.74, 6) is 0.258. The summed E-state index contributed by atoms with van der Waals surface area (Å²) in [6, 6.07) is 0. The quantitative estimate of drug-likeness (QED) is 0.549. The monoisotopic (exact) mass is 184 g/mol. The van der Waals surface area contributed by atoms with Crippen molar-refractivity contribution in [3.63, 3.8) is 0 Å². The highest BCUT2D eigenvalue weighted by Crippen LogP contribution is 2.16. The average Bonchev–Trinajstić information content (AvgIpc) is 2.95. The maximum Gasteiger partial charge on any atom is 0.163 e. The Labute approximate surface area is 76.2 Å². The van der Waals surface area contributed by atoms with E-state index in [0.29, 0.717) is 32.5 Å². The van der Waals surface area contributed by atoms with Gasteiger partial charge in [-0.3, -0.25) is 9.59 Å². The fraction of sp³-hybridized carbons (Fsp3) is 0.778. The zero-order valence-corrected chi connectivity index (χ0v) is 7.32. The molecule has 2 atom stereocenters. The van der Waals surface area contributed by atoms with Crippen molar-refractivity contribution in [3.8, 4) is 0 Å². The second-order valence-electron chi connectivity index (χ2n) is 3.43. The number of carbonyl (C=O) groups is 2. The first-order valence-corrected chi connectivity index (χ1v) is 4.56. The summed E-state index contributed by atoms with van der Waals surface area (Å²) in [6.07, 6.45) is 1.24. The molecule has 72 valence electrons. The second kappa shape index (κ2) is 3.55. The molecule has 2 rings (SSSR count). The highest BCUT2D eigenvalue weighted by Gasteiger charge is 2.32. The Morgan fingerprint density at radius 2 is 1.38 bits per heavy atom. The Bertz CT molecular complexity index is 204. The predicted octanol–water partition coefficient (Wildman–Crippen LogP) is 0.0925. The summed E-state index contributed by atoms with van der Waals surface area (Å²) in [4.78, 5) is 22.2. The van der Waals surface area contributed by atoms with Crippen molar-refractivity contribution in [1.29, 1.82) is 0 Å². The fourth-order valence-electron chi connectivity index (χ4n) is 1.23. The molecule has 2 saturated heterocycles. The van der Waals surface area contributed by atoms with Gasteiger partial charge in [-0.2, -0.15) is 0 Å². The highest BCUT2D eigenvalue weighted by molar-refractivity contribution is 5.87. The van der Waals surface area contributed by atoms with Crippen LogP contribution in [0.2, 0.25) is 0 Å². The van der Waals surface area contributed by atoms with Crippen molar-refractivity contribution in [2.24, 2.45) is 0 Å². The zero-order chi connectivity index (χ0) is 9.26. The molecule has 0 bridgehead atoms. The standard InChI is InChI=1S/C9H12O4/c10-6(8-4-12-8)2-1-3-7(11)9-5-13-9/h8-9H,1-5H2. The summed E-state index contributed by atoms with van der Waals surface area (Å²) >= 11 is 0. The number of rotatable bonds is 6. The summed E-state index contributed by atoms with van der Waals surface area (Å²) in [7, 11) is 0. The first-order valence-electron chi connectivity index (χ1n) is 4.56. The molecule has 0 aromatic rings. The van der Waals surface area contributed by atoms with E-state index in [0.717, 1.165) is 0 Å². The highest BCUT2D eigenvalue weighted by atomic mass is 16.6. The minimum absolute atomic E-state index is 0.129. The van der Waals surface area contributed by atoms with E-state index in [1.165, 1.54) is 0 Å². The fourth-order valence-corrected chi connectivity index (χ4v) is 1.23. The Hall–Kier alpha value is -0.740. The number of hydrogen-bond donors (Lipinski definition) is 0. The molecule has 2 aliphatic heterocycles. The number of epoxide rings is 2. The Morgan fingerprint density at radius 3 is 1.69 bits per heavy atom. The van der Waals surface area contributed by atoms with Gasteiger partial charge in [-0.05, 0) is 6.42 Å². The molecule has 0 radical (unpaired) electrons. The molecule has 2 fully saturated rings. The number of carbonyl (C=O) groups excluding carboxylic acids is 2. The van der Waals surface area contributed by atoms with Gasteiger partial charge in [0.05, 0.1) is 13.2 Å². The number of Topliss-reactive ketones (excluding diaryl/α,β-unsaturated/α-hetero) is 2. The van der Waals surface area contributed by atoms with Gasteiger partial charge in [-0.1, -0.05) is 0 Å². The van der Waals surface area contributed by atoms with E-state index >= 15 is 0 Å². The first-order chi connectivity index (χ1) is 6.27. The zero-order valence-electron chi connectivity index (χ0n) is 7.32. The summed E-state index contributed by atoms with van der Waals surface area (Å²) in [5.41, 5.74) is 0. The minimum atomic E-state index is -0.160. The first kappa shape index (κ1) is 8.84. The van der Waals surface area contributed by atoms with Gasteiger partial charge in [-0.25, -0.2) is 0 Å². The van der Waals surface area contributed by atoms with Crippen molar-refractivity contribution in [2.75, 3.05) is 13.2 Å². The van der Waals surface area contributed by atoms with E-state index in [-0.39, 0.29) is 23.8 Å².